The van der Waals surface area contributed by atoms with Crippen LogP contribution in [0.1, 0.15) is 45.8 Å². The molecule has 1 rings (SSSR count). The van der Waals surface area contributed by atoms with E-state index in [1.165, 1.54) is 24.3 Å². The van der Waals surface area contributed by atoms with Crippen LogP contribution in [0.15, 0.2) is 24.3 Å². The average Bonchev–Trinajstić information content (AvgIpc) is 2.35. The van der Waals surface area contributed by atoms with Gasteiger partial charge in [-0.25, -0.2) is 4.39 Å². The van der Waals surface area contributed by atoms with Gasteiger partial charge < -0.3 is 10.4 Å². The number of amides is 1. The molecule has 0 aliphatic rings. The van der Waals surface area contributed by atoms with E-state index in [9.17, 15) is 14.3 Å². The third-order valence-corrected chi connectivity index (χ3v) is 3.72. The molecule has 2 unspecified atom stereocenters. The quantitative estimate of drug-likeness (QED) is 0.871. The van der Waals surface area contributed by atoms with Crippen LogP contribution in [0.2, 0.25) is 0 Å². The second kappa shape index (κ2) is 6.84. The molecule has 0 spiro atoms. The number of aliphatic hydroxyl groups is 1. The van der Waals surface area contributed by atoms with E-state index < -0.39 is 6.10 Å². The SMILES string of the molecule is CC(CC(=O)NCC(O)c1ccc(F)cc1)C(C)(C)C. The summed E-state index contributed by atoms with van der Waals surface area (Å²) >= 11 is 0. The molecule has 0 fully saturated rings. The van der Waals surface area contributed by atoms with Crippen LogP contribution < -0.4 is 5.32 Å². The van der Waals surface area contributed by atoms with Gasteiger partial charge in [-0.3, -0.25) is 4.79 Å². The van der Waals surface area contributed by atoms with Crippen LogP contribution in [0.5, 0.6) is 0 Å². The minimum Gasteiger partial charge on any atom is -0.387 e. The third kappa shape index (κ3) is 5.29. The lowest BCUT2D eigenvalue weighted by Gasteiger charge is -2.26. The fourth-order valence-corrected chi connectivity index (χ4v) is 1.67. The first-order valence-corrected chi connectivity index (χ1v) is 6.90. The second-order valence-corrected chi connectivity index (χ2v) is 6.34. The van der Waals surface area contributed by atoms with Crippen molar-refractivity contribution in [2.45, 2.75) is 40.2 Å². The zero-order valence-electron chi connectivity index (χ0n) is 12.6. The molecule has 0 aliphatic carbocycles. The number of halogens is 1. The van der Waals surface area contributed by atoms with Crippen molar-refractivity contribution in [3.63, 3.8) is 0 Å². The topological polar surface area (TPSA) is 49.3 Å². The molecule has 2 N–H and O–H groups in total. The van der Waals surface area contributed by atoms with Crippen LogP contribution in [0.25, 0.3) is 0 Å². The molecule has 0 saturated carbocycles. The van der Waals surface area contributed by atoms with Gasteiger partial charge in [0.15, 0.2) is 0 Å². The van der Waals surface area contributed by atoms with Crippen molar-refractivity contribution in [2.75, 3.05) is 6.54 Å². The number of hydrogen-bond acceptors (Lipinski definition) is 2. The third-order valence-electron chi connectivity index (χ3n) is 3.72. The Hall–Kier alpha value is -1.42. The maximum Gasteiger partial charge on any atom is 0.220 e. The van der Waals surface area contributed by atoms with Gasteiger partial charge in [0.05, 0.1) is 6.10 Å². The Morgan fingerprint density at radius 3 is 2.35 bits per heavy atom. The standard InChI is InChI=1S/C16H24FNO2/c1-11(16(2,3)4)9-15(20)18-10-14(19)12-5-7-13(17)8-6-12/h5-8,11,14,19H,9-10H2,1-4H3,(H,18,20). The molecule has 3 nitrogen and oxygen atoms in total. The number of aliphatic hydroxyl groups excluding tert-OH is 1. The van der Waals surface area contributed by atoms with Crippen molar-refractivity contribution in [1.82, 2.24) is 5.32 Å². The van der Waals surface area contributed by atoms with Gasteiger partial charge in [0.25, 0.3) is 0 Å². The smallest absolute Gasteiger partial charge is 0.220 e. The van der Waals surface area contributed by atoms with Gasteiger partial charge in [0.2, 0.25) is 5.91 Å². The Labute approximate surface area is 120 Å². The van der Waals surface area contributed by atoms with Crippen LogP contribution >= 0.6 is 0 Å². The van der Waals surface area contributed by atoms with Crippen LogP contribution in [0.3, 0.4) is 0 Å². The normalized spacial score (nSPS) is 14.7. The summed E-state index contributed by atoms with van der Waals surface area (Å²) in [6.07, 6.45) is -0.385. The van der Waals surface area contributed by atoms with Gasteiger partial charge >= 0.3 is 0 Å². The van der Waals surface area contributed by atoms with E-state index in [4.69, 9.17) is 0 Å². The Bertz CT molecular complexity index is 437. The molecular weight excluding hydrogens is 257 g/mol. The predicted octanol–water partition coefficient (Wildman–Crippen LogP) is 3.05. The number of nitrogens with one attached hydrogen (secondary N) is 1. The Kier molecular flexibility index (Phi) is 5.69. The highest BCUT2D eigenvalue weighted by Gasteiger charge is 2.22. The number of carbonyl (C=O) groups excluding carboxylic acids is 1. The van der Waals surface area contributed by atoms with Crippen LogP contribution in [0, 0.1) is 17.2 Å². The first kappa shape index (κ1) is 16.6. The summed E-state index contributed by atoms with van der Waals surface area (Å²) in [5.74, 6) is -0.164. The van der Waals surface area contributed by atoms with Crippen molar-refractivity contribution in [3.8, 4) is 0 Å². The molecule has 2 atom stereocenters. The predicted molar refractivity (Wildman–Crippen MR) is 77.6 cm³/mol. The highest BCUT2D eigenvalue weighted by Crippen LogP contribution is 2.27. The maximum absolute atomic E-state index is 12.8. The molecule has 1 amide bonds. The molecule has 0 heterocycles. The number of rotatable bonds is 5. The summed E-state index contributed by atoms with van der Waals surface area (Å²) in [5.41, 5.74) is 0.669. The van der Waals surface area contributed by atoms with E-state index in [1.54, 1.807) is 0 Å². The number of benzene rings is 1. The highest BCUT2D eigenvalue weighted by molar-refractivity contribution is 5.76. The first-order valence-electron chi connectivity index (χ1n) is 6.90. The summed E-state index contributed by atoms with van der Waals surface area (Å²) in [6.45, 7) is 8.46. The highest BCUT2D eigenvalue weighted by atomic mass is 19.1. The second-order valence-electron chi connectivity index (χ2n) is 6.34. The largest absolute Gasteiger partial charge is 0.387 e. The summed E-state index contributed by atoms with van der Waals surface area (Å²) in [6, 6.07) is 5.62. The van der Waals surface area contributed by atoms with Crippen LogP contribution in [-0.4, -0.2) is 17.6 Å². The van der Waals surface area contributed by atoms with E-state index in [0.717, 1.165) is 0 Å². The Morgan fingerprint density at radius 2 is 1.85 bits per heavy atom. The lowest BCUT2D eigenvalue weighted by atomic mass is 9.80. The maximum atomic E-state index is 12.8. The van der Waals surface area contributed by atoms with Crippen molar-refractivity contribution < 1.29 is 14.3 Å². The van der Waals surface area contributed by atoms with Crippen molar-refractivity contribution in [2.24, 2.45) is 11.3 Å². The summed E-state index contributed by atoms with van der Waals surface area (Å²) < 4.78 is 12.8. The van der Waals surface area contributed by atoms with E-state index in [-0.39, 0.29) is 29.6 Å². The monoisotopic (exact) mass is 281 g/mol. The molecule has 0 saturated heterocycles. The molecule has 4 heteroatoms. The molecule has 20 heavy (non-hydrogen) atoms. The Morgan fingerprint density at radius 1 is 1.30 bits per heavy atom. The minimum absolute atomic E-state index is 0.0754. The van der Waals surface area contributed by atoms with E-state index in [0.29, 0.717) is 12.0 Å². The van der Waals surface area contributed by atoms with Crippen molar-refractivity contribution in [1.29, 1.82) is 0 Å². The average molecular weight is 281 g/mol. The molecule has 112 valence electrons. The molecule has 0 aromatic heterocycles. The van der Waals surface area contributed by atoms with Gasteiger partial charge in [0.1, 0.15) is 5.82 Å². The van der Waals surface area contributed by atoms with Gasteiger partial charge in [-0.2, -0.15) is 0 Å². The molecular formula is C16H24FNO2. The van der Waals surface area contributed by atoms with Crippen molar-refractivity contribution in [3.05, 3.63) is 35.6 Å². The summed E-state index contributed by atoms with van der Waals surface area (Å²) in [4.78, 5) is 11.8. The number of hydrogen-bond donors (Lipinski definition) is 2. The summed E-state index contributed by atoms with van der Waals surface area (Å²) in [7, 11) is 0. The summed E-state index contributed by atoms with van der Waals surface area (Å²) in [5, 5.41) is 12.6. The molecule has 0 radical (unpaired) electrons. The lowest BCUT2D eigenvalue weighted by molar-refractivity contribution is -0.123. The van der Waals surface area contributed by atoms with E-state index in [1.807, 2.05) is 6.92 Å². The zero-order chi connectivity index (χ0) is 15.3. The van der Waals surface area contributed by atoms with Gasteiger partial charge in [-0.05, 0) is 29.0 Å². The first-order chi connectivity index (χ1) is 9.20. The number of carbonyl (C=O) groups is 1. The van der Waals surface area contributed by atoms with Crippen LogP contribution in [0.4, 0.5) is 4.39 Å². The van der Waals surface area contributed by atoms with Gasteiger partial charge in [0, 0.05) is 13.0 Å². The van der Waals surface area contributed by atoms with E-state index >= 15 is 0 Å². The molecule has 0 aliphatic heterocycles. The molecule has 1 aromatic rings. The zero-order valence-corrected chi connectivity index (χ0v) is 12.6. The van der Waals surface area contributed by atoms with Gasteiger partial charge in [-0.1, -0.05) is 39.8 Å². The molecule has 0 bridgehead atoms. The minimum atomic E-state index is -0.815. The lowest BCUT2D eigenvalue weighted by Crippen LogP contribution is -2.32. The van der Waals surface area contributed by atoms with Crippen LogP contribution in [-0.2, 0) is 4.79 Å². The van der Waals surface area contributed by atoms with E-state index in [2.05, 4.69) is 26.1 Å². The Balaban J connectivity index is 2.43. The van der Waals surface area contributed by atoms with Gasteiger partial charge in [-0.15, -0.1) is 0 Å². The molecule has 1 aromatic carbocycles. The fraction of sp³-hybridized carbons (Fsp3) is 0.562. The fourth-order valence-electron chi connectivity index (χ4n) is 1.67. The van der Waals surface area contributed by atoms with Crippen molar-refractivity contribution >= 4 is 5.91 Å².